The normalized spacial score (nSPS) is 11.8. The fourth-order valence-corrected chi connectivity index (χ4v) is 10.9. The zero-order valence-electron chi connectivity index (χ0n) is 37.5. The van der Waals surface area contributed by atoms with E-state index in [9.17, 15) is 0 Å². The third kappa shape index (κ3) is 6.43. The van der Waals surface area contributed by atoms with Crippen LogP contribution in [0.4, 0.5) is 0 Å². The zero-order chi connectivity index (χ0) is 45.4. The average Bonchev–Trinajstić information content (AvgIpc) is 3.75. The van der Waals surface area contributed by atoms with Crippen LogP contribution >= 0.6 is 0 Å². The zero-order valence-corrected chi connectivity index (χ0v) is 37.5. The quantitative estimate of drug-likeness (QED) is 0.156. The summed E-state index contributed by atoms with van der Waals surface area (Å²) in [6.45, 7) is 0. The van der Waals surface area contributed by atoms with Crippen LogP contribution in [0.25, 0.3) is 137 Å². The lowest BCUT2D eigenvalue weighted by molar-refractivity contribution is 1.18. The Balaban J connectivity index is 0.816. The fraction of sp³-hybridized carbons (Fsp3) is 0. The molecule has 0 fully saturated rings. The van der Waals surface area contributed by atoms with Crippen molar-refractivity contribution in [2.24, 2.45) is 0 Å². The van der Waals surface area contributed by atoms with Gasteiger partial charge >= 0.3 is 0 Å². The van der Waals surface area contributed by atoms with Gasteiger partial charge in [-0.1, -0.05) is 200 Å². The Kier molecular flexibility index (Phi) is 8.90. The van der Waals surface area contributed by atoms with E-state index < -0.39 is 0 Å². The Bertz CT molecular complexity index is 4170. The summed E-state index contributed by atoms with van der Waals surface area (Å²) < 4.78 is 2.43. The molecule has 0 atom stereocenters. The van der Waals surface area contributed by atoms with Gasteiger partial charge in [0, 0.05) is 32.8 Å². The molecule has 0 aliphatic rings. The Morgan fingerprint density at radius 1 is 0.275 bits per heavy atom. The van der Waals surface area contributed by atoms with E-state index in [2.05, 4.69) is 247 Å². The Morgan fingerprint density at radius 2 is 0.710 bits per heavy atom. The van der Waals surface area contributed by atoms with Gasteiger partial charge in [-0.05, 0) is 119 Å². The van der Waals surface area contributed by atoms with Crippen molar-refractivity contribution >= 4 is 75.9 Å². The Morgan fingerprint density at radius 3 is 1.29 bits per heavy atom. The van der Waals surface area contributed by atoms with Gasteiger partial charge in [0.1, 0.15) is 0 Å². The second-order valence-electron chi connectivity index (χ2n) is 18.1. The molecule has 0 bridgehead atoms. The summed E-state index contributed by atoms with van der Waals surface area (Å²) in [5.74, 6) is 0. The maximum Gasteiger partial charge on any atom is 0.0979 e. The molecule has 0 aliphatic heterocycles. The maximum atomic E-state index is 5.26. The van der Waals surface area contributed by atoms with Gasteiger partial charge in [-0.3, -0.25) is 4.98 Å². The van der Waals surface area contributed by atoms with Crippen LogP contribution in [0.1, 0.15) is 0 Å². The van der Waals surface area contributed by atoms with Crippen molar-refractivity contribution in [3.05, 3.63) is 249 Å². The third-order valence-corrected chi connectivity index (χ3v) is 14.2. The van der Waals surface area contributed by atoms with E-state index >= 15 is 0 Å². The Labute approximate surface area is 398 Å². The number of benzene rings is 12. The molecule has 0 amide bonds. The molecule has 2 aromatic heterocycles. The number of aromatic nitrogens is 3. The van der Waals surface area contributed by atoms with Crippen molar-refractivity contribution in [1.29, 1.82) is 0 Å². The van der Waals surface area contributed by atoms with Gasteiger partial charge in [0.2, 0.25) is 0 Å². The maximum absolute atomic E-state index is 5.26. The van der Waals surface area contributed by atoms with E-state index in [1.165, 1.54) is 87.5 Å². The highest BCUT2D eigenvalue weighted by molar-refractivity contribution is 6.23. The van der Waals surface area contributed by atoms with Gasteiger partial charge in [0.05, 0.1) is 34.0 Å². The van der Waals surface area contributed by atoms with Crippen molar-refractivity contribution in [2.75, 3.05) is 0 Å². The molecule has 0 aliphatic carbocycles. The molecule has 0 saturated carbocycles. The molecule has 2 heterocycles. The molecule has 320 valence electrons. The first-order chi connectivity index (χ1) is 34.2. The van der Waals surface area contributed by atoms with Gasteiger partial charge < -0.3 is 4.57 Å². The first kappa shape index (κ1) is 39.0. The highest BCUT2D eigenvalue weighted by Crippen LogP contribution is 2.41. The summed E-state index contributed by atoms with van der Waals surface area (Å²) in [7, 11) is 0. The molecule has 3 nitrogen and oxygen atoms in total. The molecule has 14 aromatic rings. The number of rotatable bonds is 6. The fourth-order valence-electron chi connectivity index (χ4n) is 10.9. The predicted molar refractivity (Wildman–Crippen MR) is 291 cm³/mol. The van der Waals surface area contributed by atoms with Crippen LogP contribution in [-0.2, 0) is 0 Å². The molecular weight excluding hydrogens is 835 g/mol. The lowest BCUT2D eigenvalue weighted by atomic mass is 9.95. The summed E-state index contributed by atoms with van der Waals surface area (Å²) in [4.78, 5) is 10.3. The third-order valence-electron chi connectivity index (χ3n) is 14.2. The van der Waals surface area contributed by atoms with Crippen molar-refractivity contribution < 1.29 is 0 Å². The standard InChI is InChI=1S/C66H41N3/c1-3-18-52-45(12-1)14-10-24-54(52)48-32-36-63-60(39-48)61-40-49(55-25-11-15-46-13-2-4-19-53(46)55)33-37-64(61)69(63)51-34-30-43(31-35-51)42-26-28-44(29-27-42)47-16-9-17-50(38-47)62-41-67-65-58-22-7-5-20-56(58)57-21-6-8-23-59(57)66(65)68-62/h1-41H. The van der Waals surface area contributed by atoms with E-state index in [1.54, 1.807) is 0 Å². The minimum atomic E-state index is 0.861. The number of hydrogen-bond donors (Lipinski definition) is 0. The van der Waals surface area contributed by atoms with Gasteiger partial charge in [0.25, 0.3) is 0 Å². The summed E-state index contributed by atoms with van der Waals surface area (Å²) in [6.07, 6.45) is 1.92. The largest absolute Gasteiger partial charge is 0.309 e. The molecule has 12 aromatic carbocycles. The topological polar surface area (TPSA) is 30.7 Å². The minimum absolute atomic E-state index is 0.861. The lowest BCUT2D eigenvalue weighted by Crippen LogP contribution is -1.94. The first-order valence-corrected chi connectivity index (χ1v) is 23.6. The Hall–Kier alpha value is -9.18. The summed E-state index contributed by atoms with van der Waals surface area (Å²) >= 11 is 0. The van der Waals surface area contributed by atoms with Crippen molar-refractivity contribution in [3.63, 3.8) is 0 Å². The van der Waals surface area contributed by atoms with Gasteiger partial charge in [-0.15, -0.1) is 0 Å². The van der Waals surface area contributed by atoms with E-state index in [-0.39, 0.29) is 0 Å². The number of fused-ring (bicyclic) bond motifs is 11. The molecule has 3 heteroatoms. The average molecular weight is 876 g/mol. The monoisotopic (exact) mass is 875 g/mol. The predicted octanol–water partition coefficient (Wildman–Crippen LogP) is 17.7. The molecule has 0 N–H and O–H groups in total. The SMILES string of the molecule is c1cc(-c2ccc(-c3ccc(-n4c5ccc(-c6cccc7ccccc67)cc5c5cc(-c6cccc7ccccc67)ccc54)cc3)cc2)cc(-c2cnc3c4ccccc4c4ccccc4c3n2)c1. The molecular formula is C66H41N3. The highest BCUT2D eigenvalue weighted by Gasteiger charge is 2.17. The smallest absolute Gasteiger partial charge is 0.0979 e. The molecule has 0 radical (unpaired) electrons. The summed E-state index contributed by atoms with van der Waals surface area (Å²) in [5.41, 5.74) is 16.8. The van der Waals surface area contributed by atoms with E-state index in [0.717, 1.165) is 49.9 Å². The minimum Gasteiger partial charge on any atom is -0.309 e. The molecule has 69 heavy (non-hydrogen) atoms. The lowest BCUT2D eigenvalue weighted by Gasteiger charge is -2.12. The molecule has 0 saturated heterocycles. The van der Waals surface area contributed by atoms with Crippen LogP contribution in [0, 0.1) is 0 Å². The van der Waals surface area contributed by atoms with Crippen molar-refractivity contribution in [2.45, 2.75) is 0 Å². The van der Waals surface area contributed by atoms with Gasteiger partial charge in [-0.25, -0.2) is 4.98 Å². The summed E-state index contributed by atoms with van der Waals surface area (Å²) in [5, 5.41) is 12.1. The molecule has 14 rings (SSSR count). The van der Waals surface area contributed by atoms with E-state index in [0.29, 0.717) is 0 Å². The van der Waals surface area contributed by atoms with Crippen LogP contribution in [-0.4, -0.2) is 14.5 Å². The van der Waals surface area contributed by atoms with Crippen molar-refractivity contribution in [1.82, 2.24) is 14.5 Å². The van der Waals surface area contributed by atoms with Crippen LogP contribution in [0.2, 0.25) is 0 Å². The number of hydrogen-bond acceptors (Lipinski definition) is 2. The van der Waals surface area contributed by atoms with Crippen LogP contribution in [0.15, 0.2) is 249 Å². The van der Waals surface area contributed by atoms with E-state index in [1.807, 2.05) is 6.20 Å². The van der Waals surface area contributed by atoms with Crippen LogP contribution < -0.4 is 0 Å². The first-order valence-electron chi connectivity index (χ1n) is 23.6. The molecule has 0 spiro atoms. The second kappa shape index (κ2) is 15.7. The van der Waals surface area contributed by atoms with Crippen molar-refractivity contribution in [3.8, 4) is 61.5 Å². The van der Waals surface area contributed by atoms with Crippen LogP contribution in [0.5, 0.6) is 0 Å². The second-order valence-corrected chi connectivity index (χ2v) is 18.1. The molecule has 0 unspecified atom stereocenters. The number of nitrogens with zero attached hydrogens (tertiary/aromatic N) is 3. The van der Waals surface area contributed by atoms with Gasteiger partial charge in [0.15, 0.2) is 0 Å². The van der Waals surface area contributed by atoms with Gasteiger partial charge in [-0.2, -0.15) is 0 Å². The summed E-state index contributed by atoms with van der Waals surface area (Å²) in [6, 6.07) is 88.1. The highest BCUT2D eigenvalue weighted by atomic mass is 15.0. The van der Waals surface area contributed by atoms with Crippen LogP contribution in [0.3, 0.4) is 0 Å². The van der Waals surface area contributed by atoms with E-state index in [4.69, 9.17) is 9.97 Å².